The maximum absolute atomic E-state index is 12.3. The zero-order valence-corrected chi connectivity index (χ0v) is 13.5. The van der Waals surface area contributed by atoms with Gasteiger partial charge in [-0.25, -0.2) is 4.98 Å². The topological polar surface area (TPSA) is 67.0 Å². The molecule has 0 spiro atoms. The van der Waals surface area contributed by atoms with Gasteiger partial charge in [-0.1, -0.05) is 24.3 Å². The first kappa shape index (κ1) is 14.9. The summed E-state index contributed by atoms with van der Waals surface area (Å²) in [6.45, 7) is 2.64. The summed E-state index contributed by atoms with van der Waals surface area (Å²) in [5.41, 5.74) is 4.69. The van der Waals surface area contributed by atoms with E-state index in [-0.39, 0.29) is 12.0 Å². The summed E-state index contributed by atoms with van der Waals surface area (Å²) >= 11 is 0. The smallest absolute Gasteiger partial charge is 0.253 e. The van der Waals surface area contributed by atoms with Gasteiger partial charge in [-0.15, -0.1) is 0 Å². The van der Waals surface area contributed by atoms with Crippen LogP contribution in [0.4, 0.5) is 5.69 Å². The highest BCUT2D eigenvalue weighted by atomic mass is 16.5. The number of imidazole rings is 1. The first-order valence-corrected chi connectivity index (χ1v) is 8.19. The lowest BCUT2D eigenvalue weighted by molar-refractivity contribution is -0.124. The molecule has 1 amide bonds. The number of benzene rings is 2. The molecule has 3 aromatic rings. The standard InChI is InChI=1S/C19H19N3O2/c1-12-8-9-13(18-20-14-5-2-3-6-15(14)21-18)11-16(12)22-19(23)17-7-4-10-24-17/h2-3,5-6,8-9,11,17H,4,7,10H2,1H3,(H,20,21)(H,22,23). The summed E-state index contributed by atoms with van der Waals surface area (Å²) in [7, 11) is 0. The van der Waals surface area contributed by atoms with Crippen molar-refractivity contribution in [1.29, 1.82) is 0 Å². The fourth-order valence-corrected chi connectivity index (χ4v) is 2.99. The molecule has 1 fully saturated rings. The van der Waals surface area contributed by atoms with Crippen LogP contribution < -0.4 is 5.32 Å². The average Bonchev–Trinajstić information content (AvgIpc) is 3.26. The summed E-state index contributed by atoms with van der Waals surface area (Å²) in [6.07, 6.45) is 1.39. The Bertz CT molecular complexity index is 862. The van der Waals surface area contributed by atoms with Crippen molar-refractivity contribution in [1.82, 2.24) is 9.97 Å². The third-order valence-corrected chi connectivity index (χ3v) is 4.38. The molecule has 0 saturated carbocycles. The zero-order chi connectivity index (χ0) is 16.5. The molecule has 1 aliphatic rings. The Balaban J connectivity index is 1.64. The number of amides is 1. The molecule has 1 aromatic heterocycles. The lowest BCUT2D eigenvalue weighted by Crippen LogP contribution is -2.27. The summed E-state index contributed by atoms with van der Waals surface area (Å²) < 4.78 is 5.45. The summed E-state index contributed by atoms with van der Waals surface area (Å²) in [4.78, 5) is 20.2. The van der Waals surface area contributed by atoms with E-state index < -0.39 is 0 Å². The molecule has 1 atom stereocenters. The highest BCUT2D eigenvalue weighted by Gasteiger charge is 2.24. The number of fused-ring (bicyclic) bond motifs is 1. The summed E-state index contributed by atoms with van der Waals surface area (Å²) in [5.74, 6) is 0.723. The Morgan fingerprint density at radius 3 is 2.96 bits per heavy atom. The number of H-pyrrole nitrogens is 1. The van der Waals surface area contributed by atoms with Gasteiger partial charge < -0.3 is 15.0 Å². The normalized spacial score (nSPS) is 17.3. The molecular weight excluding hydrogens is 302 g/mol. The van der Waals surface area contributed by atoms with Crippen molar-refractivity contribution in [3.05, 3.63) is 48.0 Å². The molecule has 0 aliphatic carbocycles. The Morgan fingerprint density at radius 2 is 2.17 bits per heavy atom. The largest absolute Gasteiger partial charge is 0.368 e. The van der Waals surface area contributed by atoms with Crippen LogP contribution in [0.25, 0.3) is 22.4 Å². The van der Waals surface area contributed by atoms with Crippen molar-refractivity contribution in [2.75, 3.05) is 11.9 Å². The van der Waals surface area contributed by atoms with E-state index >= 15 is 0 Å². The van der Waals surface area contributed by atoms with Crippen molar-refractivity contribution in [2.24, 2.45) is 0 Å². The molecule has 4 rings (SSSR count). The molecule has 1 aliphatic heterocycles. The molecule has 5 nitrogen and oxygen atoms in total. The highest BCUT2D eigenvalue weighted by Crippen LogP contribution is 2.26. The second-order valence-corrected chi connectivity index (χ2v) is 6.12. The van der Waals surface area contributed by atoms with Crippen molar-refractivity contribution >= 4 is 22.6 Å². The highest BCUT2D eigenvalue weighted by molar-refractivity contribution is 5.95. The van der Waals surface area contributed by atoms with Crippen LogP contribution in [0.2, 0.25) is 0 Å². The lowest BCUT2D eigenvalue weighted by atomic mass is 10.1. The molecular formula is C19H19N3O2. The van der Waals surface area contributed by atoms with Crippen LogP contribution in [0.1, 0.15) is 18.4 Å². The van der Waals surface area contributed by atoms with Crippen LogP contribution in [0.15, 0.2) is 42.5 Å². The minimum atomic E-state index is -0.334. The van der Waals surface area contributed by atoms with Gasteiger partial charge in [-0.3, -0.25) is 4.79 Å². The van der Waals surface area contributed by atoms with Gasteiger partial charge >= 0.3 is 0 Å². The number of rotatable bonds is 3. The van der Waals surface area contributed by atoms with E-state index in [9.17, 15) is 4.79 Å². The van der Waals surface area contributed by atoms with Gasteiger partial charge in [0.1, 0.15) is 11.9 Å². The molecule has 0 radical (unpaired) electrons. The fourth-order valence-electron chi connectivity index (χ4n) is 2.99. The Kier molecular flexibility index (Phi) is 3.78. The number of aryl methyl sites for hydroxylation is 1. The third-order valence-electron chi connectivity index (χ3n) is 4.38. The first-order chi connectivity index (χ1) is 11.7. The Hall–Kier alpha value is -2.66. The SMILES string of the molecule is Cc1ccc(-c2nc3ccccc3[nH]2)cc1NC(=O)C1CCCO1. The second-order valence-electron chi connectivity index (χ2n) is 6.12. The average molecular weight is 321 g/mol. The number of carbonyl (C=O) groups is 1. The van der Waals surface area contributed by atoms with Gasteiger partial charge in [0.05, 0.1) is 11.0 Å². The zero-order valence-electron chi connectivity index (χ0n) is 13.5. The number of anilines is 1. The van der Waals surface area contributed by atoms with E-state index in [0.717, 1.165) is 46.5 Å². The number of aromatic nitrogens is 2. The van der Waals surface area contributed by atoms with E-state index in [2.05, 4.69) is 15.3 Å². The lowest BCUT2D eigenvalue weighted by Gasteiger charge is -2.13. The maximum Gasteiger partial charge on any atom is 0.253 e. The molecule has 122 valence electrons. The first-order valence-electron chi connectivity index (χ1n) is 8.19. The summed E-state index contributed by atoms with van der Waals surface area (Å²) in [5, 5.41) is 2.99. The predicted octanol–water partition coefficient (Wildman–Crippen LogP) is 3.66. The van der Waals surface area contributed by atoms with Crippen molar-refractivity contribution in [2.45, 2.75) is 25.9 Å². The maximum atomic E-state index is 12.3. The quantitative estimate of drug-likeness (QED) is 0.773. The number of hydrogen-bond donors (Lipinski definition) is 2. The van der Waals surface area contributed by atoms with Gasteiger partial charge in [0, 0.05) is 17.9 Å². The van der Waals surface area contributed by atoms with Crippen molar-refractivity contribution in [3.8, 4) is 11.4 Å². The van der Waals surface area contributed by atoms with E-state index in [1.807, 2.05) is 49.4 Å². The molecule has 1 saturated heterocycles. The number of para-hydroxylation sites is 2. The van der Waals surface area contributed by atoms with Gasteiger partial charge in [-0.05, 0) is 43.5 Å². The number of carbonyl (C=O) groups excluding carboxylic acids is 1. The molecule has 0 bridgehead atoms. The molecule has 2 aromatic carbocycles. The number of ether oxygens (including phenoxy) is 1. The van der Waals surface area contributed by atoms with Crippen LogP contribution >= 0.6 is 0 Å². The molecule has 5 heteroatoms. The van der Waals surface area contributed by atoms with E-state index in [0.29, 0.717) is 6.61 Å². The van der Waals surface area contributed by atoms with Crippen LogP contribution in [-0.2, 0) is 9.53 Å². The van der Waals surface area contributed by atoms with Crippen LogP contribution in [0.5, 0.6) is 0 Å². The molecule has 24 heavy (non-hydrogen) atoms. The summed E-state index contributed by atoms with van der Waals surface area (Å²) in [6, 6.07) is 13.9. The van der Waals surface area contributed by atoms with Gasteiger partial charge in [0.25, 0.3) is 5.91 Å². The number of aromatic amines is 1. The van der Waals surface area contributed by atoms with Gasteiger partial charge in [-0.2, -0.15) is 0 Å². The fraction of sp³-hybridized carbons (Fsp3) is 0.263. The van der Waals surface area contributed by atoms with Crippen LogP contribution in [0.3, 0.4) is 0 Å². The minimum absolute atomic E-state index is 0.0719. The Morgan fingerprint density at radius 1 is 1.29 bits per heavy atom. The number of nitrogens with one attached hydrogen (secondary N) is 2. The second kappa shape index (κ2) is 6.09. The number of nitrogens with zero attached hydrogens (tertiary/aromatic N) is 1. The minimum Gasteiger partial charge on any atom is -0.368 e. The van der Waals surface area contributed by atoms with Crippen LogP contribution in [0, 0.1) is 6.92 Å². The monoisotopic (exact) mass is 321 g/mol. The van der Waals surface area contributed by atoms with Gasteiger partial charge in [0.2, 0.25) is 0 Å². The van der Waals surface area contributed by atoms with E-state index in [1.54, 1.807) is 0 Å². The third kappa shape index (κ3) is 2.78. The van der Waals surface area contributed by atoms with Crippen LogP contribution in [-0.4, -0.2) is 28.6 Å². The molecule has 1 unspecified atom stereocenters. The number of hydrogen-bond acceptors (Lipinski definition) is 3. The Labute approximate surface area is 140 Å². The molecule has 2 heterocycles. The van der Waals surface area contributed by atoms with Crippen molar-refractivity contribution < 1.29 is 9.53 Å². The predicted molar refractivity (Wildman–Crippen MR) is 93.9 cm³/mol. The van der Waals surface area contributed by atoms with E-state index in [1.165, 1.54) is 0 Å². The molecule has 2 N–H and O–H groups in total. The van der Waals surface area contributed by atoms with E-state index in [4.69, 9.17) is 4.74 Å². The van der Waals surface area contributed by atoms with Crippen molar-refractivity contribution in [3.63, 3.8) is 0 Å². The van der Waals surface area contributed by atoms with Gasteiger partial charge in [0.15, 0.2) is 0 Å².